The Morgan fingerprint density at radius 2 is 2.25 bits per heavy atom. The van der Waals surface area contributed by atoms with E-state index in [4.69, 9.17) is 0 Å². The van der Waals surface area contributed by atoms with Crippen molar-refractivity contribution in [1.82, 2.24) is 0 Å². The lowest BCUT2D eigenvalue weighted by Gasteiger charge is -1.83. The molecule has 0 fully saturated rings. The molecule has 0 aromatic carbocycles. The maximum Gasteiger partial charge on any atom is 0.108 e. The fourth-order valence-corrected chi connectivity index (χ4v) is 0.327. The highest BCUT2D eigenvalue weighted by atomic mass is 19.1. The van der Waals surface area contributed by atoms with Crippen LogP contribution in [0.15, 0.2) is 23.8 Å². The van der Waals surface area contributed by atoms with E-state index in [9.17, 15) is 4.39 Å². The van der Waals surface area contributed by atoms with E-state index in [0.29, 0.717) is 0 Å². The minimum absolute atomic E-state index is 0.370. The summed E-state index contributed by atoms with van der Waals surface area (Å²) in [5, 5.41) is 0. The first-order valence-corrected chi connectivity index (χ1v) is 2.66. The van der Waals surface area contributed by atoms with Crippen molar-refractivity contribution in [2.45, 2.75) is 13.8 Å². The third-order valence-corrected chi connectivity index (χ3v) is 0.925. The molecule has 0 amide bonds. The molecule has 0 saturated carbocycles. The highest BCUT2D eigenvalue weighted by Gasteiger charge is 1.73. The zero-order chi connectivity index (χ0) is 6.41. The van der Waals surface area contributed by atoms with Crippen LogP contribution in [0.4, 0.5) is 4.39 Å². The van der Waals surface area contributed by atoms with Crippen molar-refractivity contribution in [2.24, 2.45) is 0 Å². The minimum Gasteiger partial charge on any atom is -0.247 e. The molecule has 0 nitrogen and oxygen atoms in total. The first-order valence-electron chi connectivity index (χ1n) is 2.66. The molecule has 0 rings (SSSR count). The summed E-state index contributed by atoms with van der Waals surface area (Å²) in [6.45, 7) is 3.50. The monoisotopic (exact) mass is 114 g/mol. The third-order valence-electron chi connectivity index (χ3n) is 0.925. The van der Waals surface area contributed by atoms with Gasteiger partial charge in [0.25, 0.3) is 0 Å². The second kappa shape index (κ2) is 4.57. The first kappa shape index (κ1) is 7.41. The number of allylic oxidation sites excluding steroid dienone is 4. The standard InChI is InChI=1S/C7H11F/c1-3-7(2)5-4-6-8/h3-5H,6H2,1-2H3/b5-4-,7-3-. The van der Waals surface area contributed by atoms with Gasteiger partial charge in [-0.3, -0.25) is 0 Å². The molecule has 0 heterocycles. The second-order valence-electron chi connectivity index (χ2n) is 1.59. The van der Waals surface area contributed by atoms with Crippen LogP contribution in [0.1, 0.15) is 13.8 Å². The van der Waals surface area contributed by atoms with Gasteiger partial charge in [-0.15, -0.1) is 0 Å². The maximum absolute atomic E-state index is 11.4. The molecule has 0 aromatic heterocycles. The molecule has 0 aliphatic carbocycles. The van der Waals surface area contributed by atoms with Crippen LogP contribution in [-0.2, 0) is 0 Å². The van der Waals surface area contributed by atoms with Gasteiger partial charge >= 0.3 is 0 Å². The molecule has 0 N–H and O–H groups in total. The summed E-state index contributed by atoms with van der Waals surface area (Å²) >= 11 is 0. The van der Waals surface area contributed by atoms with Crippen molar-refractivity contribution in [2.75, 3.05) is 6.67 Å². The lowest BCUT2D eigenvalue weighted by molar-refractivity contribution is 0.561. The van der Waals surface area contributed by atoms with E-state index in [1.807, 2.05) is 19.9 Å². The van der Waals surface area contributed by atoms with Crippen molar-refractivity contribution in [3.05, 3.63) is 23.8 Å². The first-order chi connectivity index (χ1) is 3.81. The Balaban J connectivity index is 3.53. The summed E-state index contributed by atoms with van der Waals surface area (Å²) in [7, 11) is 0. The molecule has 46 valence electrons. The van der Waals surface area contributed by atoms with Gasteiger partial charge in [0, 0.05) is 0 Å². The fourth-order valence-electron chi connectivity index (χ4n) is 0.327. The third kappa shape index (κ3) is 3.59. The molecule has 0 spiro atoms. The summed E-state index contributed by atoms with van der Waals surface area (Å²) in [6.07, 6.45) is 5.20. The van der Waals surface area contributed by atoms with E-state index in [-0.39, 0.29) is 6.67 Å². The van der Waals surface area contributed by atoms with Gasteiger partial charge in [0.1, 0.15) is 6.67 Å². The van der Waals surface area contributed by atoms with Crippen LogP contribution in [0, 0.1) is 0 Å². The SMILES string of the molecule is C/C=C(C)\C=C/CF. The lowest BCUT2D eigenvalue weighted by Crippen LogP contribution is -1.65. The Morgan fingerprint density at radius 1 is 1.62 bits per heavy atom. The van der Waals surface area contributed by atoms with Gasteiger partial charge in [-0.05, 0) is 13.8 Å². The molecule has 0 aromatic rings. The number of hydrogen-bond donors (Lipinski definition) is 0. The van der Waals surface area contributed by atoms with Crippen LogP contribution in [-0.4, -0.2) is 6.67 Å². The Morgan fingerprint density at radius 3 is 2.62 bits per heavy atom. The van der Waals surface area contributed by atoms with Gasteiger partial charge in [-0.25, -0.2) is 4.39 Å². The van der Waals surface area contributed by atoms with Gasteiger partial charge in [0.15, 0.2) is 0 Å². The van der Waals surface area contributed by atoms with Crippen molar-refractivity contribution in [1.29, 1.82) is 0 Å². The average molecular weight is 114 g/mol. The van der Waals surface area contributed by atoms with E-state index in [0.717, 1.165) is 5.57 Å². The van der Waals surface area contributed by atoms with Crippen LogP contribution in [0.25, 0.3) is 0 Å². The van der Waals surface area contributed by atoms with E-state index in [1.165, 1.54) is 6.08 Å². The zero-order valence-corrected chi connectivity index (χ0v) is 5.32. The van der Waals surface area contributed by atoms with Crippen molar-refractivity contribution < 1.29 is 4.39 Å². The molecule has 8 heavy (non-hydrogen) atoms. The molecular formula is C7H11F. The molecule has 0 bridgehead atoms. The van der Waals surface area contributed by atoms with E-state index < -0.39 is 0 Å². The van der Waals surface area contributed by atoms with Crippen molar-refractivity contribution in [3.63, 3.8) is 0 Å². The molecule has 0 atom stereocenters. The summed E-state index contributed by atoms with van der Waals surface area (Å²) in [4.78, 5) is 0. The summed E-state index contributed by atoms with van der Waals surface area (Å²) in [5.74, 6) is 0. The van der Waals surface area contributed by atoms with Crippen LogP contribution < -0.4 is 0 Å². The van der Waals surface area contributed by atoms with Gasteiger partial charge in [-0.2, -0.15) is 0 Å². The van der Waals surface area contributed by atoms with E-state index in [1.54, 1.807) is 6.08 Å². The Kier molecular flexibility index (Phi) is 4.23. The van der Waals surface area contributed by atoms with E-state index >= 15 is 0 Å². The summed E-state index contributed by atoms with van der Waals surface area (Å²) < 4.78 is 11.4. The predicted octanol–water partition coefficient (Wildman–Crippen LogP) is 2.48. The number of hydrogen-bond acceptors (Lipinski definition) is 0. The van der Waals surface area contributed by atoms with Gasteiger partial charge in [0.2, 0.25) is 0 Å². The quantitative estimate of drug-likeness (QED) is 0.484. The van der Waals surface area contributed by atoms with Gasteiger partial charge in [-0.1, -0.05) is 23.8 Å². The fraction of sp³-hybridized carbons (Fsp3) is 0.429. The molecular weight excluding hydrogens is 103 g/mol. The highest BCUT2D eigenvalue weighted by Crippen LogP contribution is 1.92. The minimum atomic E-state index is -0.370. The van der Waals surface area contributed by atoms with Crippen molar-refractivity contribution in [3.8, 4) is 0 Å². The second-order valence-corrected chi connectivity index (χ2v) is 1.59. The molecule has 0 unspecified atom stereocenters. The molecule has 0 aliphatic heterocycles. The Hall–Kier alpha value is -0.590. The normalized spacial score (nSPS) is 13.1. The smallest absolute Gasteiger partial charge is 0.108 e. The number of alkyl halides is 1. The topological polar surface area (TPSA) is 0 Å². The predicted molar refractivity (Wildman–Crippen MR) is 34.5 cm³/mol. The molecule has 1 heteroatoms. The van der Waals surface area contributed by atoms with Crippen molar-refractivity contribution >= 4 is 0 Å². The van der Waals surface area contributed by atoms with Crippen LogP contribution in [0.5, 0.6) is 0 Å². The molecule has 0 saturated heterocycles. The number of rotatable bonds is 2. The molecule has 0 aliphatic rings. The maximum atomic E-state index is 11.4. The van der Waals surface area contributed by atoms with E-state index in [2.05, 4.69) is 0 Å². The Labute approximate surface area is 49.7 Å². The molecule has 0 radical (unpaired) electrons. The number of halogens is 1. The summed E-state index contributed by atoms with van der Waals surface area (Å²) in [5.41, 5.74) is 1.10. The average Bonchev–Trinajstić information content (AvgIpc) is 1.83. The largest absolute Gasteiger partial charge is 0.247 e. The van der Waals surface area contributed by atoms with Gasteiger partial charge < -0.3 is 0 Å². The lowest BCUT2D eigenvalue weighted by atomic mass is 10.3. The van der Waals surface area contributed by atoms with Crippen LogP contribution in [0.3, 0.4) is 0 Å². The zero-order valence-electron chi connectivity index (χ0n) is 5.32. The summed E-state index contributed by atoms with van der Waals surface area (Å²) in [6, 6.07) is 0. The Bertz CT molecular complexity index is 101. The van der Waals surface area contributed by atoms with Gasteiger partial charge in [0.05, 0.1) is 0 Å². The van der Waals surface area contributed by atoms with Crippen LogP contribution in [0.2, 0.25) is 0 Å². The van der Waals surface area contributed by atoms with Crippen LogP contribution >= 0.6 is 0 Å². The highest BCUT2D eigenvalue weighted by molar-refractivity contribution is 5.14.